The summed E-state index contributed by atoms with van der Waals surface area (Å²) < 4.78 is 4.25. The van der Waals surface area contributed by atoms with E-state index in [2.05, 4.69) is 4.74 Å². The molecule has 0 bridgehead atoms. The van der Waals surface area contributed by atoms with E-state index >= 15 is 0 Å². The Morgan fingerprint density at radius 3 is 2.78 bits per heavy atom. The van der Waals surface area contributed by atoms with Crippen LogP contribution in [0.1, 0.15) is 6.42 Å². The van der Waals surface area contributed by atoms with Crippen LogP contribution >= 0.6 is 0 Å². The molecule has 1 aliphatic rings. The van der Waals surface area contributed by atoms with E-state index in [4.69, 9.17) is 5.11 Å². The van der Waals surface area contributed by atoms with Crippen LogP contribution in [0.3, 0.4) is 0 Å². The second-order valence-corrected chi connectivity index (χ2v) is 1.96. The molecule has 1 saturated carbocycles. The van der Waals surface area contributed by atoms with Gasteiger partial charge in [-0.3, -0.25) is 0 Å². The molecule has 0 aromatic heterocycles. The average Bonchev–Trinajstić information content (AvgIpc) is 2.45. The molecule has 1 aliphatic carbocycles. The molecule has 2 atom stereocenters. The minimum Gasteiger partial charge on any atom is -0.450 e. The maximum absolute atomic E-state index is 9.89. The van der Waals surface area contributed by atoms with E-state index in [1.54, 1.807) is 0 Å². The van der Waals surface area contributed by atoms with Gasteiger partial charge in [0.2, 0.25) is 0 Å². The lowest BCUT2D eigenvalue weighted by Gasteiger charge is -1.92. The topological polar surface area (TPSA) is 63.6 Å². The Balaban J connectivity index is 2.19. The zero-order valence-electron chi connectivity index (χ0n) is 4.61. The SMILES string of the molecule is O=CC1CC1OC(=O)O. The van der Waals surface area contributed by atoms with E-state index in [1.807, 2.05) is 0 Å². The average molecular weight is 130 g/mol. The molecule has 0 aromatic rings. The van der Waals surface area contributed by atoms with Gasteiger partial charge in [-0.1, -0.05) is 0 Å². The van der Waals surface area contributed by atoms with E-state index < -0.39 is 6.16 Å². The second-order valence-electron chi connectivity index (χ2n) is 1.96. The molecule has 1 N–H and O–H groups in total. The van der Waals surface area contributed by atoms with Crippen molar-refractivity contribution in [2.45, 2.75) is 12.5 Å². The van der Waals surface area contributed by atoms with Crippen LogP contribution in [0, 0.1) is 5.92 Å². The van der Waals surface area contributed by atoms with Crippen LogP contribution in [-0.2, 0) is 9.53 Å². The van der Waals surface area contributed by atoms with Crippen LogP contribution in [0.2, 0.25) is 0 Å². The number of aldehydes is 1. The van der Waals surface area contributed by atoms with Gasteiger partial charge in [-0.15, -0.1) is 0 Å². The number of hydrogen-bond donors (Lipinski definition) is 1. The first kappa shape index (κ1) is 6.07. The molecular formula is C5H6O4. The number of carbonyl (C=O) groups is 2. The summed E-state index contributed by atoms with van der Waals surface area (Å²) in [6, 6.07) is 0. The number of hydrogen-bond acceptors (Lipinski definition) is 3. The monoisotopic (exact) mass is 130 g/mol. The van der Waals surface area contributed by atoms with Gasteiger partial charge in [0.15, 0.2) is 0 Å². The summed E-state index contributed by atoms with van der Waals surface area (Å²) in [7, 11) is 0. The molecule has 4 nitrogen and oxygen atoms in total. The normalized spacial score (nSPS) is 31.1. The van der Waals surface area contributed by atoms with Gasteiger partial charge in [0.1, 0.15) is 12.4 Å². The summed E-state index contributed by atoms with van der Waals surface area (Å²) in [5.41, 5.74) is 0. The standard InChI is InChI=1S/C5H6O4/c6-2-3-1-4(3)9-5(7)8/h2-4H,1H2,(H,7,8). The maximum atomic E-state index is 9.89. The van der Waals surface area contributed by atoms with Crippen LogP contribution in [0.5, 0.6) is 0 Å². The van der Waals surface area contributed by atoms with E-state index in [-0.39, 0.29) is 12.0 Å². The fourth-order valence-electron chi connectivity index (χ4n) is 0.598. The Labute approximate surface area is 51.4 Å². The van der Waals surface area contributed by atoms with Crippen LogP contribution in [0.25, 0.3) is 0 Å². The Morgan fingerprint density at radius 1 is 1.78 bits per heavy atom. The first-order valence-corrected chi connectivity index (χ1v) is 2.59. The predicted octanol–water partition coefficient (Wildman–Crippen LogP) is 0.268. The highest BCUT2D eigenvalue weighted by Gasteiger charge is 2.40. The van der Waals surface area contributed by atoms with Gasteiger partial charge in [-0.25, -0.2) is 4.79 Å². The van der Waals surface area contributed by atoms with Gasteiger partial charge in [0, 0.05) is 0 Å². The van der Waals surface area contributed by atoms with Crippen molar-refractivity contribution in [3.05, 3.63) is 0 Å². The van der Waals surface area contributed by atoms with Gasteiger partial charge in [-0.05, 0) is 6.42 Å². The van der Waals surface area contributed by atoms with Crippen molar-refractivity contribution < 1.29 is 19.4 Å². The Kier molecular flexibility index (Phi) is 1.38. The van der Waals surface area contributed by atoms with E-state index in [9.17, 15) is 9.59 Å². The molecule has 0 spiro atoms. The number of ether oxygens (including phenoxy) is 1. The predicted molar refractivity (Wildman–Crippen MR) is 27.1 cm³/mol. The van der Waals surface area contributed by atoms with Crippen molar-refractivity contribution in [2.24, 2.45) is 5.92 Å². The molecule has 1 rings (SSSR count). The third-order valence-electron chi connectivity index (χ3n) is 1.21. The summed E-state index contributed by atoms with van der Waals surface area (Å²) >= 11 is 0. The van der Waals surface area contributed by atoms with Crippen molar-refractivity contribution in [2.75, 3.05) is 0 Å². The Morgan fingerprint density at radius 2 is 2.44 bits per heavy atom. The molecule has 0 aromatic carbocycles. The van der Waals surface area contributed by atoms with Gasteiger partial charge < -0.3 is 14.6 Å². The molecule has 0 radical (unpaired) electrons. The van der Waals surface area contributed by atoms with Crippen LogP contribution in [-0.4, -0.2) is 23.7 Å². The molecular weight excluding hydrogens is 124 g/mol. The zero-order chi connectivity index (χ0) is 6.85. The van der Waals surface area contributed by atoms with Crippen molar-refractivity contribution in [3.8, 4) is 0 Å². The van der Waals surface area contributed by atoms with Crippen molar-refractivity contribution >= 4 is 12.4 Å². The summed E-state index contributed by atoms with van der Waals surface area (Å²) in [5.74, 6) is -0.180. The number of carbonyl (C=O) groups excluding carboxylic acids is 1. The highest BCUT2D eigenvalue weighted by atomic mass is 16.7. The van der Waals surface area contributed by atoms with Crippen LogP contribution < -0.4 is 0 Å². The van der Waals surface area contributed by atoms with Crippen LogP contribution in [0.4, 0.5) is 4.79 Å². The molecule has 0 amide bonds. The highest BCUT2D eigenvalue weighted by molar-refractivity contribution is 5.62. The lowest BCUT2D eigenvalue weighted by molar-refractivity contribution is -0.109. The summed E-state index contributed by atoms with van der Waals surface area (Å²) in [6.45, 7) is 0. The minimum atomic E-state index is -1.30. The van der Waals surface area contributed by atoms with Gasteiger partial charge in [0.25, 0.3) is 0 Å². The van der Waals surface area contributed by atoms with Gasteiger partial charge in [0.05, 0.1) is 5.92 Å². The smallest absolute Gasteiger partial charge is 0.450 e. The molecule has 0 saturated heterocycles. The zero-order valence-corrected chi connectivity index (χ0v) is 4.61. The Hall–Kier alpha value is -1.06. The lowest BCUT2D eigenvalue weighted by atomic mass is 10.5. The number of rotatable bonds is 2. The lowest BCUT2D eigenvalue weighted by Crippen LogP contribution is -2.03. The third kappa shape index (κ3) is 1.42. The van der Waals surface area contributed by atoms with Gasteiger partial charge in [-0.2, -0.15) is 0 Å². The maximum Gasteiger partial charge on any atom is 0.506 e. The highest BCUT2D eigenvalue weighted by Crippen LogP contribution is 2.31. The van der Waals surface area contributed by atoms with E-state index in [1.165, 1.54) is 0 Å². The molecule has 0 aliphatic heterocycles. The van der Waals surface area contributed by atoms with E-state index in [0.29, 0.717) is 12.7 Å². The second kappa shape index (κ2) is 2.05. The fraction of sp³-hybridized carbons (Fsp3) is 0.600. The minimum absolute atomic E-state index is 0.180. The quantitative estimate of drug-likeness (QED) is 0.430. The molecule has 50 valence electrons. The summed E-state index contributed by atoms with van der Waals surface area (Å²) in [4.78, 5) is 19.7. The Bertz CT molecular complexity index is 142. The molecule has 0 heterocycles. The first-order valence-electron chi connectivity index (χ1n) is 2.59. The molecule has 2 unspecified atom stereocenters. The fourth-order valence-corrected chi connectivity index (χ4v) is 0.598. The first-order chi connectivity index (χ1) is 4.24. The third-order valence-corrected chi connectivity index (χ3v) is 1.21. The van der Waals surface area contributed by atoms with Crippen molar-refractivity contribution in [1.29, 1.82) is 0 Å². The van der Waals surface area contributed by atoms with Crippen molar-refractivity contribution in [1.82, 2.24) is 0 Å². The molecule has 4 heteroatoms. The summed E-state index contributed by atoms with van der Waals surface area (Å²) in [5, 5.41) is 8.00. The van der Waals surface area contributed by atoms with Crippen LogP contribution in [0.15, 0.2) is 0 Å². The number of carboxylic acid groups (broad SMARTS) is 1. The molecule has 9 heavy (non-hydrogen) atoms. The van der Waals surface area contributed by atoms with Crippen molar-refractivity contribution in [3.63, 3.8) is 0 Å². The largest absolute Gasteiger partial charge is 0.506 e. The van der Waals surface area contributed by atoms with Gasteiger partial charge >= 0.3 is 6.16 Å². The molecule has 1 fully saturated rings. The summed E-state index contributed by atoms with van der Waals surface area (Å²) in [6.07, 6.45) is -0.395. The van der Waals surface area contributed by atoms with E-state index in [0.717, 1.165) is 0 Å².